The molecule has 1 aromatic rings. The maximum absolute atomic E-state index is 12.8. The number of carbonyl (C=O) groups is 1. The van der Waals surface area contributed by atoms with Crippen molar-refractivity contribution in [3.05, 3.63) is 47.5 Å². The fraction of sp³-hybridized carbons (Fsp3) is 0.474. The molecule has 0 aliphatic heterocycles. The van der Waals surface area contributed by atoms with E-state index in [0.29, 0.717) is 18.6 Å². The van der Waals surface area contributed by atoms with Gasteiger partial charge < -0.3 is 20.2 Å². The molecule has 0 radical (unpaired) electrons. The van der Waals surface area contributed by atoms with Crippen LogP contribution < -0.4 is 0 Å². The van der Waals surface area contributed by atoms with E-state index in [0.717, 1.165) is 12.1 Å². The highest BCUT2D eigenvalue weighted by Gasteiger charge is 2.51. The predicted molar refractivity (Wildman–Crippen MR) is 92.3 cm³/mol. The molecule has 3 unspecified atom stereocenters. The topological polar surface area (TPSA) is 99.4 Å². The zero-order chi connectivity index (χ0) is 20.5. The minimum Gasteiger partial charge on any atom is -0.479 e. The summed E-state index contributed by atoms with van der Waals surface area (Å²) in [5, 5.41) is 32.8. The Balaban J connectivity index is 1.63. The van der Waals surface area contributed by atoms with Crippen LogP contribution in [0.1, 0.15) is 30.1 Å². The lowest BCUT2D eigenvalue weighted by molar-refractivity contribution is -0.142. The molecule has 28 heavy (non-hydrogen) atoms. The van der Waals surface area contributed by atoms with Gasteiger partial charge in [0.25, 0.3) is 0 Å². The number of hydrogen-bond donors (Lipinski definition) is 3. The van der Waals surface area contributed by atoms with E-state index in [1.807, 2.05) is 0 Å². The Morgan fingerprint density at radius 3 is 2.82 bits per heavy atom. The normalized spacial score (nSPS) is 29.5. The molecule has 3 rings (SSSR count). The molecular weight excluding hydrogens is 379 g/mol. The van der Waals surface area contributed by atoms with Gasteiger partial charge in [-0.3, -0.25) is 0 Å². The number of oxime groups is 1. The third kappa shape index (κ3) is 4.36. The molecule has 0 amide bonds. The van der Waals surface area contributed by atoms with Crippen LogP contribution in [0.4, 0.5) is 13.2 Å². The molecule has 0 bridgehead atoms. The Morgan fingerprint density at radius 1 is 1.39 bits per heavy atom. The van der Waals surface area contributed by atoms with E-state index < -0.39 is 36.5 Å². The molecule has 0 spiro atoms. The summed E-state index contributed by atoms with van der Waals surface area (Å²) < 4.78 is 38.4. The van der Waals surface area contributed by atoms with Crippen LogP contribution in [-0.2, 0) is 15.8 Å². The lowest BCUT2D eigenvalue weighted by Gasteiger charge is -2.34. The second kappa shape index (κ2) is 7.92. The summed E-state index contributed by atoms with van der Waals surface area (Å²) in [6, 6.07) is 4.48. The Morgan fingerprint density at radius 2 is 2.14 bits per heavy atom. The number of hydrogen-bond acceptors (Lipinski definition) is 5. The summed E-state index contributed by atoms with van der Waals surface area (Å²) in [6.07, 6.45) is -2.38. The maximum atomic E-state index is 12.8. The molecule has 0 aromatic heterocycles. The number of carboxylic acids is 1. The quantitative estimate of drug-likeness (QED) is 0.505. The first-order valence-electron chi connectivity index (χ1n) is 8.79. The summed E-state index contributed by atoms with van der Waals surface area (Å²) in [5.74, 6) is -1.34. The van der Waals surface area contributed by atoms with Crippen LogP contribution in [0.2, 0.25) is 0 Å². The van der Waals surface area contributed by atoms with Gasteiger partial charge in [-0.05, 0) is 36.5 Å². The number of aliphatic hydroxyl groups is 2. The average molecular weight is 399 g/mol. The van der Waals surface area contributed by atoms with Crippen LogP contribution in [0.5, 0.6) is 0 Å². The number of rotatable bonds is 6. The van der Waals surface area contributed by atoms with E-state index in [9.17, 15) is 28.2 Å². The van der Waals surface area contributed by atoms with E-state index in [2.05, 4.69) is 5.16 Å². The molecule has 152 valence electrons. The van der Waals surface area contributed by atoms with Gasteiger partial charge in [-0.2, -0.15) is 13.2 Å². The fourth-order valence-electron chi connectivity index (χ4n) is 3.83. The smallest absolute Gasteiger partial charge is 0.416 e. The number of fused-ring (bicyclic) bond motifs is 1. The monoisotopic (exact) mass is 399 g/mol. The lowest BCUT2D eigenvalue weighted by atomic mass is 9.71. The first kappa shape index (κ1) is 20.3. The van der Waals surface area contributed by atoms with Gasteiger partial charge in [0.2, 0.25) is 6.61 Å². The number of carboxylic acid groups (broad SMARTS) is 1. The van der Waals surface area contributed by atoms with Crippen molar-refractivity contribution in [1.29, 1.82) is 0 Å². The van der Waals surface area contributed by atoms with Crippen LogP contribution in [0.3, 0.4) is 0 Å². The molecular formula is C19H20F3NO5. The van der Waals surface area contributed by atoms with Crippen molar-refractivity contribution in [2.45, 2.75) is 31.2 Å². The molecule has 5 atom stereocenters. The Hall–Kier alpha value is -2.39. The van der Waals surface area contributed by atoms with Gasteiger partial charge in [0.15, 0.2) is 0 Å². The largest absolute Gasteiger partial charge is 0.479 e. The van der Waals surface area contributed by atoms with Gasteiger partial charge in [-0.1, -0.05) is 29.4 Å². The third-order valence-corrected chi connectivity index (χ3v) is 5.26. The van der Waals surface area contributed by atoms with Gasteiger partial charge in [-0.15, -0.1) is 0 Å². The summed E-state index contributed by atoms with van der Waals surface area (Å²) >= 11 is 0. The van der Waals surface area contributed by atoms with Crippen molar-refractivity contribution in [2.75, 3.05) is 6.61 Å². The molecule has 3 N–H and O–H groups in total. The Bertz CT molecular complexity index is 792. The minimum atomic E-state index is -4.49. The molecule has 2 aliphatic carbocycles. The maximum Gasteiger partial charge on any atom is 0.416 e. The van der Waals surface area contributed by atoms with Crippen LogP contribution in [0.25, 0.3) is 0 Å². The van der Waals surface area contributed by atoms with E-state index in [1.165, 1.54) is 18.2 Å². The van der Waals surface area contributed by atoms with Gasteiger partial charge >= 0.3 is 12.1 Å². The number of benzene rings is 1. The van der Waals surface area contributed by atoms with Crippen molar-refractivity contribution in [1.82, 2.24) is 0 Å². The van der Waals surface area contributed by atoms with Gasteiger partial charge in [0.1, 0.15) is 0 Å². The lowest BCUT2D eigenvalue weighted by Crippen LogP contribution is -2.36. The van der Waals surface area contributed by atoms with Gasteiger partial charge in [0.05, 0.1) is 23.5 Å². The van der Waals surface area contributed by atoms with E-state index in [1.54, 1.807) is 6.08 Å². The minimum absolute atomic E-state index is 0.0239. The standard InChI is InChI=1S/C19H20F3NO5/c20-19(21,22)11-3-1-2-10(6-11)16(24)5-4-12-13-7-15(14(13)8-17(12)25)23-28-9-18(26)27/h1-6,12-14,16-17,24-25H,7-9H2,(H,26,27)/t12?,13-,14-,16?,17?/m0/s1. The number of aliphatic carboxylic acids is 1. The highest BCUT2D eigenvalue weighted by molar-refractivity contribution is 5.93. The van der Waals surface area contributed by atoms with Crippen molar-refractivity contribution in [3.8, 4) is 0 Å². The molecule has 6 nitrogen and oxygen atoms in total. The van der Waals surface area contributed by atoms with Crippen molar-refractivity contribution in [3.63, 3.8) is 0 Å². The second-order valence-electron chi connectivity index (χ2n) is 7.06. The molecule has 2 fully saturated rings. The van der Waals surface area contributed by atoms with E-state index in [-0.39, 0.29) is 23.3 Å². The SMILES string of the molecule is O=C(O)CON=C1C[C@H]2C(C=CC(O)c3cccc(C(F)(F)F)c3)C(O)C[C@H]12. The number of aliphatic hydroxyl groups excluding tert-OH is 2. The van der Waals surface area contributed by atoms with Gasteiger partial charge in [0, 0.05) is 11.8 Å². The first-order chi connectivity index (χ1) is 13.2. The number of alkyl halides is 3. The molecule has 0 saturated heterocycles. The fourth-order valence-corrected chi connectivity index (χ4v) is 3.83. The van der Waals surface area contributed by atoms with Crippen molar-refractivity contribution < 1.29 is 38.1 Å². The van der Waals surface area contributed by atoms with Crippen LogP contribution in [0, 0.1) is 17.8 Å². The molecule has 1 aromatic carbocycles. The van der Waals surface area contributed by atoms with Crippen LogP contribution in [0.15, 0.2) is 41.6 Å². The van der Waals surface area contributed by atoms with Crippen molar-refractivity contribution >= 4 is 11.7 Å². The predicted octanol–water partition coefficient (Wildman–Crippen LogP) is 2.77. The van der Waals surface area contributed by atoms with E-state index in [4.69, 9.17) is 9.94 Å². The highest BCUT2D eigenvalue weighted by Crippen LogP contribution is 2.49. The second-order valence-corrected chi connectivity index (χ2v) is 7.06. The summed E-state index contributed by atoms with van der Waals surface area (Å²) in [6.45, 7) is -0.532. The average Bonchev–Trinajstić information content (AvgIpc) is 2.86. The summed E-state index contributed by atoms with van der Waals surface area (Å²) in [7, 11) is 0. The van der Waals surface area contributed by atoms with Crippen molar-refractivity contribution in [2.24, 2.45) is 22.9 Å². The zero-order valence-electron chi connectivity index (χ0n) is 14.7. The highest BCUT2D eigenvalue weighted by atomic mass is 19.4. The zero-order valence-corrected chi connectivity index (χ0v) is 14.7. The Kier molecular flexibility index (Phi) is 5.76. The molecule has 9 heteroatoms. The van der Waals surface area contributed by atoms with Crippen LogP contribution in [-0.4, -0.2) is 39.7 Å². The summed E-state index contributed by atoms with van der Waals surface area (Å²) in [5.41, 5.74) is -0.0210. The van der Waals surface area contributed by atoms with Crippen LogP contribution >= 0.6 is 0 Å². The molecule has 2 saturated carbocycles. The third-order valence-electron chi connectivity index (χ3n) is 5.26. The molecule has 2 aliphatic rings. The van der Waals surface area contributed by atoms with Gasteiger partial charge in [-0.25, -0.2) is 4.79 Å². The number of nitrogens with zero attached hydrogens (tertiary/aromatic N) is 1. The molecule has 0 heterocycles. The first-order valence-corrected chi connectivity index (χ1v) is 8.79. The summed E-state index contributed by atoms with van der Waals surface area (Å²) in [4.78, 5) is 15.2. The Labute approximate surface area is 158 Å². The number of halogens is 3. The van der Waals surface area contributed by atoms with E-state index >= 15 is 0 Å².